The van der Waals surface area contributed by atoms with Gasteiger partial charge in [-0.3, -0.25) is 4.79 Å². The first kappa shape index (κ1) is 26.5. The van der Waals surface area contributed by atoms with Crippen LogP contribution in [0.25, 0.3) is 0 Å². The first-order valence-corrected chi connectivity index (χ1v) is 12.2. The van der Waals surface area contributed by atoms with Crippen molar-refractivity contribution in [1.29, 1.82) is 0 Å². The van der Waals surface area contributed by atoms with Gasteiger partial charge in [-0.05, 0) is 56.0 Å². The number of aliphatic hydroxyl groups excluding tert-OH is 1. The fraction of sp³-hybridized carbons (Fsp3) is 0.481. The van der Waals surface area contributed by atoms with Gasteiger partial charge in [0, 0.05) is 38.3 Å². The average Bonchev–Trinajstić information content (AvgIpc) is 2.83. The molecule has 1 aliphatic rings. The number of aromatic hydroxyl groups is 1. The van der Waals surface area contributed by atoms with Gasteiger partial charge in [0.1, 0.15) is 5.75 Å². The molecule has 1 heterocycles. The number of phenols is 1. The molecular formula is C27H37N3O5. The SMILES string of the molecule is CCOC(=O)N1CCN(C(=O)Cc2cccc(CC(C)(C)NCC(O)c3ccc(O)cc3)c2)CC1. The third-order valence-electron chi connectivity index (χ3n) is 6.20. The number of rotatable bonds is 9. The predicted molar refractivity (Wildman–Crippen MR) is 134 cm³/mol. The van der Waals surface area contributed by atoms with Gasteiger partial charge in [0.2, 0.25) is 5.91 Å². The molecule has 0 saturated carbocycles. The van der Waals surface area contributed by atoms with Crippen LogP contribution in [0.5, 0.6) is 5.75 Å². The van der Waals surface area contributed by atoms with E-state index in [0.29, 0.717) is 45.8 Å². The van der Waals surface area contributed by atoms with Crippen molar-refractivity contribution in [1.82, 2.24) is 15.1 Å². The minimum Gasteiger partial charge on any atom is -0.508 e. The summed E-state index contributed by atoms with van der Waals surface area (Å²) >= 11 is 0. The monoisotopic (exact) mass is 483 g/mol. The molecule has 8 nitrogen and oxygen atoms in total. The first-order chi connectivity index (χ1) is 16.7. The molecule has 0 spiro atoms. The van der Waals surface area contributed by atoms with Crippen LogP contribution in [0.4, 0.5) is 4.79 Å². The standard InChI is InChI=1S/C27H37N3O5/c1-4-35-26(34)30-14-12-29(13-15-30)25(33)17-20-6-5-7-21(16-20)18-27(2,3)28-19-24(32)22-8-10-23(31)11-9-22/h5-11,16,24,28,31-32H,4,12-15,17-19H2,1-3H3. The predicted octanol–water partition coefficient (Wildman–Crippen LogP) is 2.88. The van der Waals surface area contributed by atoms with E-state index in [4.69, 9.17) is 4.74 Å². The van der Waals surface area contributed by atoms with Crippen LogP contribution in [0, 0.1) is 0 Å². The minimum atomic E-state index is -0.678. The Labute approximate surface area is 207 Å². The van der Waals surface area contributed by atoms with Gasteiger partial charge in [-0.25, -0.2) is 4.79 Å². The van der Waals surface area contributed by atoms with Crippen molar-refractivity contribution in [2.24, 2.45) is 0 Å². The van der Waals surface area contributed by atoms with Crippen LogP contribution in [0.3, 0.4) is 0 Å². The van der Waals surface area contributed by atoms with Crippen LogP contribution in [-0.2, 0) is 22.4 Å². The summed E-state index contributed by atoms with van der Waals surface area (Å²) in [5.41, 5.74) is 2.54. The molecule has 1 fully saturated rings. The Morgan fingerprint density at radius 1 is 1.03 bits per heavy atom. The molecule has 1 saturated heterocycles. The highest BCUT2D eigenvalue weighted by molar-refractivity contribution is 5.79. The molecule has 2 aromatic rings. The maximum absolute atomic E-state index is 12.8. The number of phenolic OH excluding ortho intramolecular Hbond substituents is 1. The number of carbonyl (C=O) groups is 2. The Bertz CT molecular complexity index is 985. The highest BCUT2D eigenvalue weighted by atomic mass is 16.6. The van der Waals surface area contributed by atoms with Crippen LogP contribution >= 0.6 is 0 Å². The van der Waals surface area contributed by atoms with Crippen molar-refractivity contribution in [3.05, 3.63) is 65.2 Å². The van der Waals surface area contributed by atoms with E-state index in [1.165, 1.54) is 0 Å². The van der Waals surface area contributed by atoms with Gasteiger partial charge >= 0.3 is 6.09 Å². The maximum atomic E-state index is 12.8. The zero-order valence-electron chi connectivity index (χ0n) is 20.9. The smallest absolute Gasteiger partial charge is 0.409 e. The van der Waals surface area contributed by atoms with E-state index in [9.17, 15) is 19.8 Å². The third-order valence-corrected chi connectivity index (χ3v) is 6.20. The molecule has 2 aromatic carbocycles. The number of ether oxygens (including phenoxy) is 1. The van der Waals surface area contributed by atoms with E-state index >= 15 is 0 Å². The number of nitrogens with zero attached hydrogens (tertiary/aromatic N) is 2. The summed E-state index contributed by atoms with van der Waals surface area (Å²) < 4.78 is 5.04. The second kappa shape index (κ2) is 12.0. The van der Waals surface area contributed by atoms with E-state index in [-0.39, 0.29) is 23.3 Å². The van der Waals surface area contributed by atoms with Crippen molar-refractivity contribution >= 4 is 12.0 Å². The molecule has 8 heteroatoms. The van der Waals surface area contributed by atoms with Crippen molar-refractivity contribution in [3.8, 4) is 5.75 Å². The summed E-state index contributed by atoms with van der Waals surface area (Å²) in [5, 5.41) is 23.3. The van der Waals surface area contributed by atoms with E-state index in [1.807, 2.05) is 18.2 Å². The van der Waals surface area contributed by atoms with E-state index < -0.39 is 6.10 Å². The average molecular weight is 484 g/mol. The molecule has 1 aliphatic heterocycles. The fourth-order valence-electron chi connectivity index (χ4n) is 4.25. The number of nitrogens with one attached hydrogen (secondary N) is 1. The number of benzene rings is 2. The Balaban J connectivity index is 1.50. The number of β-amino-alcohol motifs (C(OH)–C–C–N with tert-alkyl or cyclic N) is 1. The van der Waals surface area contributed by atoms with E-state index in [2.05, 4.69) is 25.2 Å². The summed E-state index contributed by atoms with van der Waals surface area (Å²) in [5.74, 6) is 0.228. The molecule has 3 N–H and O–H groups in total. The lowest BCUT2D eigenvalue weighted by molar-refractivity contribution is -0.132. The number of hydrogen-bond donors (Lipinski definition) is 3. The third kappa shape index (κ3) is 7.97. The van der Waals surface area contributed by atoms with Gasteiger partial charge in [0.05, 0.1) is 19.1 Å². The highest BCUT2D eigenvalue weighted by Gasteiger charge is 2.25. The van der Waals surface area contributed by atoms with Gasteiger partial charge < -0.3 is 30.1 Å². The molecule has 190 valence electrons. The van der Waals surface area contributed by atoms with Crippen molar-refractivity contribution < 1.29 is 24.5 Å². The van der Waals surface area contributed by atoms with Crippen LogP contribution in [-0.4, -0.2) is 76.9 Å². The number of carbonyl (C=O) groups excluding carboxylic acids is 2. The number of hydrogen-bond acceptors (Lipinski definition) is 6. The van der Waals surface area contributed by atoms with Gasteiger partial charge in [-0.2, -0.15) is 0 Å². The topological polar surface area (TPSA) is 102 Å². The summed E-state index contributed by atoms with van der Waals surface area (Å²) in [6.07, 6.45) is 0.0539. The summed E-state index contributed by atoms with van der Waals surface area (Å²) in [7, 11) is 0. The normalized spacial score (nSPS) is 15.1. The second-order valence-corrected chi connectivity index (χ2v) is 9.61. The second-order valence-electron chi connectivity index (χ2n) is 9.61. The van der Waals surface area contributed by atoms with E-state index in [0.717, 1.165) is 23.1 Å². The van der Waals surface area contributed by atoms with Crippen molar-refractivity contribution in [2.75, 3.05) is 39.3 Å². The lowest BCUT2D eigenvalue weighted by Crippen LogP contribution is -2.51. The molecule has 3 rings (SSSR count). The first-order valence-electron chi connectivity index (χ1n) is 12.2. The quantitative estimate of drug-likeness (QED) is 0.507. The molecule has 0 aliphatic carbocycles. The lowest BCUT2D eigenvalue weighted by Gasteiger charge is -2.34. The zero-order valence-corrected chi connectivity index (χ0v) is 20.9. The lowest BCUT2D eigenvalue weighted by atomic mass is 9.93. The summed E-state index contributed by atoms with van der Waals surface area (Å²) in [4.78, 5) is 28.1. The molecular weight excluding hydrogens is 446 g/mol. The molecule has 0 bridgehead atoms. The molecule has 0 aromatic heterocycles. The minimum absolute atomic E-state index is 0.0556. The largest absolute Gasteiger partial charge is 0.508 e. The zero-order chi connectivity index (χ0) is 25.4. The van der Waals surface area contributed by atoms with Crippen molar-refractivity contribution in [2.45, 2.75) is 45.3 Å². The van der Waals surface area contributed by atoms with Gasteiger partial charge in [-0.1, -0.05) is 36.4 Å². The van der Waals surface area contributed by atoms with Crippen LogP contribution < -0.4 is 5.32 Å². The van der Waals surface area contributed by atoms with E-state index in [1.54, 1.807) is 41.0 Å². The molecule has 2 amide bonds. The molecule has 1 atom stereocenters. The summed E-state index contributed by atoms with van der Waals surface area (Å²) in [6, 6.07) is 14.6. The van der Waals surface area contributed by atoms with Gasteiger partial charge in [-0.15, -0.1) is 0 Å². The Hall–Kier alpha value is -3.10. The molecule has 0 radical (unpaired) electrons. The fourth-order valence-corrected chi connectivity index (χ4v) is 4.25. The van der Waals surface area contributed by atoms with Gasteiger partial charge in [0.25, 0.3) is 0 Å². The number of piperazine rings is 1. The highest BCUT2D eigenvalue weighted by Crippen LogP contribution is 2.19. The Morgan fingerprint density at radius 2 is 1.66 bits per heavy atom. The van der Waals surface area contributed by atoms with Gasteiger partial charge in [0.15, 0.2) is 0 Å². The Kier molecular flexibility index (Phi) is 9.12. The number of amides is 2. The van der Waals surface area contributed by atoms with Crippen LogP contribution in [0.15, 0.2) is 48.5 Å². The summed E-state index contributed by atoms with van der Waals surface area (Å²) in [6.45, 7) is 8.67. The molecule has 1 unspecified atom stereocenters. The number of aliphatic hydroxyl groups is 1. The Morgan fingerprint density at radius 3 is 2.31 bits per heavy atom. The van der Waals surface area contributed by atoms with Crippen LogP contribution in [0.1, 0.15) is 43.6 Å². The molecule has 35 heavy (non-hydrogen) atoms. The van der Waals surface area contributed by atoms with Crippen LogP contribution in [0.2, 0.25) is 0 Å². The maximum Gasteiger partial charge on any atom is 0.409 e. The van der Waals surface area contributed by atoms with Crippen molar-refractivity contribution in [3.63, 3.8) is 0 Å².